The zero-order valence-corrected chi connectivity index (χ0v) is 16.0. The number of nitrogens with one attached hydrogen (secondary N) is 1. The largest absolute Gasteiger partial charge is 0.489 e. The number of nitrogens with two attached hydrogens (primary N) is 1. The number of benzene rings is 2. The number of imidazole rings is 1. The molecule has 3 N–H and O–H groups in total. The number of aromatic nitrogens is 2. The molecule has 144 valence electrons. The number of anilines is 1. The van der Waals surface area contributed by atoms with Gasteiger partial charge in [-0.15, -0.1) is 0 Å². The molecule has 3 heterocycles. The summed E-state index contributed by atoms with van der Waals surface area (Å²) in [5.74, 6) is 2.97. The maximum Gasteiger partial charge on any atom is 0.212 e. The highest BCUT2D eigenvalue weighted by Crippen LogP contribution is 2.39. The Labute approximate surface area is 163 Å². The Hall–Kier alpha value is -3.22. The van der Waals surface area contributed by atoms with E-state index in [0.29, 0.717) is 31.0 Å². The van der Waals surface area contributed by atoms with Gasteiger partial charge in [0.1, 0.15) is 0 Å². The van der Waals surface area contributed by atoms with Gasteiger partial charge in [0.05, 0.1) is 24.2 Å². The number of hydrogen-bond donors (Lipinski definition) is 2. The molecule has 2 aromatic carbocycles. The third-order valence-corrected chi connectivity index (χ3v) is 5.21. The van der Waals surface area contributed by atoms with Crippen LogP contribution >= 0.6 is 0 Å². The van der Waals surface area contributed by atoms with Gasteiger partial charge in [-0.1, -0.05) is 38.1 Å². The molecule has 0 amide bonds. The molecule has 1 aromatic heterocycles. The van der Waals surface area contributed by atoms with Crippen molar-refractivity contribution in [1.82, 2.24) is 9.55 Å². The molecule has 7 heteroatoms. The lowest BCUT2D eigenvalue weighted by atomic mass is 10.0. The fraction of sp³-hybridized carbons (Fsp3) is 0.333. The zero-order valence-electron chi connectivity index (χ0n) is 16.0. The molecule has 5 rings (SSSR count). The van der Waals surface area contributed by atoms with E-state index in [1.54, 1.807) is 0 Å². The van der Waals surface area contributed by atoms with Crippen LogP contribution in [-0.2, 0) is 0 Å². The van der Waals surface area contributed by atoms with Crippen molar-refractivity contribution in [2.24, 2.45) is 10.7 Å². The van der Waals surface area contributed by atoms with Gasteiger partial charge in [-0.3, -0.25) is 9.88 Å². The molecule has 0 spiro atoms. The van der Waals surface area contributed by atoms with Gasteiger partial charge < -0.3 is 15.2 Å². The summed E-state index contributed by atoms with van der Waals surface area (Å²) in [5, 5.41) is 3.08. The van der Waals surface area contributed by atoms with Crippen molar-refractivity contribution >= 4 is 22.9 Å². The van der Waals surface area contributed by atoms with E-state index in [1.807, 2.05) is 12.1 Å². The topological polar surface area (TPSA) is 86.7 Å². The van der Waals surface area contributed by atoms with Crippen LogP contribution in [0, 0.1) is 0 Å². The van der Waals surface area contributed by atoms with Crippen LogP contribution in [-0.4, -0.2) is 28.7 Å². The van der Waals surface area contributed by atoms with Crippen LogP contribution in [0.4, 0.5) is 5.95 Å². The van der Waals surface area contributed by atoms with Crippen LogP contribution < -0.4 is 20.5 Å². The molecule has 0 saturated heterocycles. The summed E-state index contributed by atoms with van der Waals surface area (Å²) in [4.78, 5) is 9.37. The number of rotatable bonds is 2. The SMILES string of the molecule is CC(C)c1ccc([C@@H]2N=C(N)Nc3nc4cc5c(cc4n32)OCCCO5)cc1. The van der Waals surface area contributed by atoms with Crippen LogP contribution in [0.2, 0.25) is 0 Å². The number of ether oxygens (including phenoxy) is 2. The standard InChI is InChI=1S/C21H23N5O2/c1-12(2)13-4-6-14(7-5-13)19-24-20(22)25-21-23-15-10-17-18(11-16(15)26(19)21)28-9-3-8-27-17/h4-7,10-12,19H,3,8-9H2,1-2H3,(H3,22,23,24,25)/t19-/m1/s1. The molecule has 0 radical (unpaired) electrons. The molecule has 0 saturated carbocycles. The van der Waals surface area contributed by atoms with E-state index in [4.69, 9.17) is 20.2 Å². The van der Waals surface area contributed by atoms with Crippen molar-refractivity contribution in [3.8, 4) is 11.5 Å². The Bertz CT molecular complexity index is 1070. The van der Waals surface area contributed by atoms with E-state index >= 15 is 0 Å². The molecule has 2 aliphatic heterocycles. The number of nitrogens with zero attached hydrogens (tertiary/aromatic N) is 3. The first kappa shape index (κ1) is 16.9. The maximum absolute atomic E-state index is 6.06. The molecule has 0 aliphatic carbocycles. The van der Waals surface area contributed by atoms with Gasteiger partial charge in [-0.25, -0.2) is 9.98 Å². The third kappa shape index (κ3) is 2.74. The Morgan fingerprint density at radius 2 is 1.82 bits per heavy atom. The molecular formula is C21H23N5O2. The lowest BCUT2D eigenvalue weighted by Gasteiger charge is -2.24. The van der Waals surface area contributed by atoms with Crippen molar-refractivity contribution in [2.75, 3.05) is 18.5 Å². The molecule has 1 atom stereocenters. The minimum absolute atomic E-state index is 0.285. The predicted molar refractivity (Wildman–Crippen MR) is 109 cm³/mol. The summed E-state index contributed by atoms with van der Waals surface area (Å²) in [7, 11) is 0. The quantitative estimate of drug-likeness (QED) is 0.712. The van der Waals surface area contributed by atoms with Gasteiger partial charge in [-0.05, 0) is 17.0 Å². The van der Waals surface area contributed by atoms with E-state index in [1.165, 1.54) is 5.56 Å². The van der Waals surface area contributed by atoms with Gasteiger partial charge in [0.15, 0.2) is 23.6 Å². The molecule has 0 fully saturated rings. The van der Waals surface area contributed by atoms with Crippen molar-refractivity contribution in [3.05, 3.63) is 47.5 Å². The maximum atomic E-state index is 6.06. The van der Waals surface area contributed by atoms with E-state index in [9.17, 15) is 0 Å². The van der Waals surface area contributed by atoms with Gasteiger partial charge >= 0.3 is 0 Å². The minimum atomic E-state index is -0.285. The molecule has 0 unspecified atom stereocenters. The van der Waals surface area contributed by atoms with Gasteiger partial charge in [-0.2, -0.15) is 0 Å². The van der Waals surface area contributed by atoms with Gasteiger partial charge in [0.2, 0.25) is 5.95 Å². The Morgan fingerprint density at radius 3 is 2.54 bits per heavy atom. The molecule has 0 bridgehead atoms. The van der Waals surface area contributed by atoms with Crippen molar-refractivity contribution in [3.63, 3.8) is 0 Å². The average molecular weight is 377 g/mol. The summed E-state index contributed by atoms with van der Waals surface area (Å²) in [6.45, 7) is 5.66. The number of hydrogen-bond acceptors (Lipinski definition) is 6. The van der Waals surface area contributed by atoms with E-state index in [2.05, 4.69) is 53.0 Å². The van der Waals surface area contributed by atoms with E-state index < -0.39 is 0 Å². The van der Waals surface area contributed by atoms with Crippen LogP contribution in [0.25, 0.3) is 11.0 Å². The Morgan fingerprint density at radius 1 is 1.11 bits per heavy atom. The highest BCUT2D eigenvalue weighted by atomic mass is 16.5. The minimum Gasteiger partial charge on any atom is -0.489 e. The first-order valence-corrected chi connectivity index (χ1v) is 9.62. The first-order chi connectivity index (χ1) is 13.6. The summed E-state index contributed by atoms with van der Waals surface area (Å²) in [6, 6.07) is 12.4. The predicted octanol–water partition coefficient (Wildman–Crippen LogP) is 3.61. The second kappa shape index (κ2) is 6.44. The van der Waals surface area contributed by atoms with Crippen LogP contribution in [0.15, 0.2) is 41.4 Å². The van der Waals surface area contributed by atoms with Gasteiger partial charge in [0.25, 0.3) is 0 Å². The van der Waals surface area contributed by atoms with Crippen LogP contribution in [0.1, 0.15) is 43.5 Å². The smallest absolute Gasteiger partial charge is 0.212 e. The monoisotopic (exact) mass is 377 g/mol. The zero-order chi connectivity index (χ0) is 19.3. The van der Waals surface area contributed by atoms with Crippen molar-refractivity contribution in [2.45, 2.75) is 32.4 Å². The molecule has 7 nitrogen and oxygen atoms in total. The molecule has 2 aliphatic rings. The summed E-state index contributed by atoms with van der Waals surface area (Å²) < 4.78 is 13.7. The Kier molecular flexibility index (Phi) is 3.89. The summed E-state index contributed by atoms with van der Waals surface area (Å²) in [5.41, 5.74) is 10.2. The lowest BCUT2D eigenvalue weighted by Crippen LogP contribution is -2.31. The highest BCUT2D eigenvalue weighted by molar-refractivity contribution is 5.95. The van der Waals surface area contributed by atoms with Crippen LogP contribution in [0.3, 0.4) is 0 Å². The number of aliphatic imine (C=N–C) groups is 1. The number of fused-ring (bicyclic) bond motifs is 4. The second-order valence-electron chi connectivity index (χ2n) is 7.48. The highest BCUT2D eigenvalue weighted by Gasteiger charge is 2.27. The van der Waals surface area contributed by atoms with Crippen molar-refractivity contribution in [1.29, 1.82) is 0 Å². The molecular weight excluding hydrogens is 354 g/mol. The fourth-order valence-electron chi connectivity index (χ4n) is 3.70. The first-order valence-electron chi connectivity index (χ1n) is 9.62. The summed E-state index contributed by atoms with van der Waals surface area (Å²) >= 11 is 0. The fourth-order valence-corrected chi connectivity index (χ4v) is 3.70. The molecule has 3 aromatic rings. The van der Waals surface area contributed by atoms with Crippen LogP contribution in [0.5, 0.6) is 11.5 Å². The van der Waals surface area contributed by atoms with E-state index in [-0.39, 0.29) is 6.17 Å². The third-order valence-electron chi connectivity index (χ3n) is 5.21. The Balaban J connectivity index is 1.65. The summed E-state index contributed by atoms with van der Waals surface area (Å²) in [6.07, 6.45) is 0.581. The lowest BCUT2D eigenvalue weighted by molar-refractivity contribution is 0.297. The normalized spacial score (nSPS) is 18.4. The van der Waals surface area contributed by atoms with Gasteiger partial charge in [0, 0.05) is 18.6 Å². The second-order valence-corrected chi connectivity index (χ2v) is 7.48. The average Bonchev–Trinajstić information content (AvgIpc) is 2.87. The molecule has 28 heavy (non-hydrogen) atoms. The number of guanidine groups is 1. The van der Waals surface area contributed by atoms with E-state index in [0.717, 1.165) is 34.5 Å². The van der Waals surface area contributed by atoms with Crippen molar-refractivity contribution < 1.29 is 9.47 Å².